The molecule has 0 aromatic heterocycles. The highest BCUT2D eigenvalue weighted by molar-refractivity contribution is 6.30. The summed E-state index contributed by atoms with van der Waals surface area (Å²) in [6.45, 7) is 4.74. The Kier molecular flexibility index (Phi) is 7.12. The van der Waals surface area contributed by atoms with E-state index in [2.05, 4.69) is 10.6 Å². The molecule has 0 fully saturated rings. The van der Waals surface area contributed by atoms with E-state index >= 15 is 0 Å². The van der Waals surface area contributed by atoms with Crippen LogP contribution in [0.3, 0.4) is 0 Å². The molecule has 2 aromatic rings. The molecule has 28 heavy (non-hydrogen) atoms. The third-order valence-corrected chi connectivity index (χ3v) is 4.26. The molecular weight excluding hydrogens is 387 g/mol. The lowest BCUT2D eigenvalue weighted by molar-refractivity contribution is -0.152. The molecule has 8 heteroatoms. The fourth-order valence-electron chi connectivity index (χ4n) is 2.25. The van der Waals surface area contributed by atoms with Crippen molar-refractivity contribution in [3.63, 3.8) is 0 Å². The molecule has 1 atom stereocenters. The first-order valence-corrected chi connectivity index (χ1v) is 8.86. The molecule has 0 aliphatic carbocycles. The summed E-state index contributed by atoms with van der Waals surface area (Å²) in [5.74, 6) is -2.65. The molecule has 0 saturated heterocycles. The molecule has 2 rings (SSSR count). The van der Waals surface area contributed by atoms with E-state index in [1.807, 2.05) is 19.9 Å². The first-order valence-electron chi connectivity index (χ1n) is 8.48. The Balaban J connectivity index is 1.85. The number of nitrogens with one attached hydrogen (secondary N) is 2. The lowest BCUT2D eigenvalue weighted by Crippen LogP contribution is -2.36. The van der Waals surface area contributed by atoms with Gasteiger partial charge in [0, 0.05) is 10.6 Å². The summed E-state index contributed by atoms with van der Waals surface area (Å²) in [6.07, 6.45) is -1.18. The first kappa shape index (κ1) is 21.4. The van der Waals surface area contributed by atoms with E-state index in [0.717, 1.165) is 17.2 Å². The number of hydrogen-bond donors (Lipinski definition) is 2. The maximum absolute atomic E-state index is 13.7. The predicted octanol–water partition coefficient (Wildman–Crippen LogP) is 3.40. The number of hydrogen-bond acceptors (Lipinski definition) is 4. The molecule has 0 heterocycles. The minimum atomic E-state index is -1.18. The Labute approximate surface area is 167 Å². The summed E-state index contributed by atoms with van der Waals surface area (Å²) in [7, 11) is 0. The Bertz CT molecular complexity index is 917. The largest absolute Gasteiger partial charge is 0.451 e. The number of ether oxygens (including phenoxy) is 1. The lowest BCUT2D eigenvalue weighted by atomic mass is 10.1. The highest BCUT2D eigenvalue weighted by atomic mass is 35.5. The molecule has 0 unspecified atom stereocenters. The fraction of sp³-hybridized carbons (Fsp3) is 0.250. The van der Waals surface area contributed by atoms with E-state index in [0.29, 0.717) is 5.56 Å². The van der Waals surface area contributed by atoms with Crippen molar-refractivity contribution in [1.82, 2.24) is 5.32 Å². The van der Waals surface area contributed by atoms with Crippen molar-refractivity contribution in [1.29, 1.82) is 0 Å². The van der Waals surface area contributed by atoms with Crippen LogP contribution in [-0.4, -0.2) is 30.4 Å². The molecule has 0 aliphatic heterocycles. The molecule has 0 radical (unpaired) electrons. The monoisotopic (exact) mass is 406 g/mol. The number of esters is 1. The molecule has 6 nitrogen and oxygen atoms in total. The lowest BCUT2D eigenvalue weighted by Gasteiger charge is -2.14. The van der Waals surface area contributed by atoms with Gasteiger partial charge in [-0.15, -0.1) is 0 Å². The second kappa shape index (κ2) is 9.32. The topological polar surface area (TPSA) is 84.5 Å². The summed E-state index contributed by atoms with van der Waals surface area (Å²) < 4.78 is 18.7. The van der Waals surface area contributed by atoms with Crippen molar-refractivity contribution >= 4 is 35.1 Å². The van der Waals surface area contributed by atoms with Crippen LogP contribution in [0.4, 0.5) is 10.1 Å². The second-order valence-corrected chi connectivity index (χ2v) is 6.66. The number of rotatable bonds is 6. The number of benzene rings is 2. The molecule has 0 spiro atoms. The molecule has 2 aromatic carbocycles. The SMILES string of the molecule is Cc1ccc(C(=O)NCC(=O)O[C@H](C)C(=O)Nc2ccc(Cl)cc2F)cc1C. The summed E-state index contributed by atoms with van der Waals surface area (Å²) >= 11 is 5.65. The Morgan fingerprint density at radius 1 is 1.11 bits per heavy atom. The van der Waals surface area contributed by atoms with Crippen LogP contribution in [0.25, 0.3) is 0 Å². The smallest absolute Gasteiger partial charge is 0.326 e. The van der Waals surface area contributed by atoms with Crippen LogP contribution in [0.2, 0.25) is 5.02 Å². The maximum atomic E-state index is 13.7. The number of halogens is 2. The summed E-state index contributed by atoms with van der Waals surface area (Å²) in [6, 6.07) is 8.95. The molecule has 148 valence electrons. The first-order chi connectivity index (χ1) is 13.2. The third-order valence-electron chi connectivity index (χ3n) is 4.03. The number of carbonyl (C=O) groups is 3. The summed E-state index contributed by atoms with van der Waals surface area (Å²) in [5.41, 5.74) is 2.34. The molecule has 0 aliphatic rings. The van der Waals surface area contributed by atoms with Gasteiger partial charge in [0.1, 0.15) is 12.4 Å². The highest BCUT2D eigenvalue weighted by Gasteiger charge is 2.20. The van der Waals surface area contributed by atoms with Gasteiger partial charge in [-0.2, -0.15) is 0 Å². The van der Waals surface area contributed by atoms with E-state index in [1.165, 1.54) is 19.1 Å². The number of amides is 2. The van der Waals surface area contributed by atoms with Crippen molar-refractivity contribution in [2.45, 2.75) is 26.9 Å². The zero-order valence-electron chi connectivity index (χ0n) is 15.6. The summed E-state index contributed by atoms with van der Waals surface area (Å²) in [4.78, 5) is 36.0. The predicted molar refractivity (Wildman–Crippen MR) is 104 cm³/mol. The van der Waals surface area contributed by atoms with E-state index in [4.69, 9.17) is 16.3 Å². The summed E-state index contributed by atoms with van der Waals surface area (Å²) in [5, 5.41) is 4.93. The van der Waals surface area contributed by atoms with Gasteiger partial charge in [-0.3, -0.25) is 14.4 Å². The Morgan fingerprint density at radius 3 is 2.46 bits per heavy atom. The molecule has 0 bridgehead atoms. The van der Waals surface area contributed by atoms with E-state index < -0.39 is 36.2 Å². The van der Waals surface area contributed by atoms with Gasteiger partial charge in [0.15, 0.2) is 6.10 Å². The van der Waals surface area contributed by atoms with Crippen LogP contribution in [0.15, 0.2) is 36.4 Å². The van der Waals surface area contributed by atoms with Crippen LogP contribution >= 0.6 is 11.6 Å². The quantitative estimate of drug-likeness (QED) is 0.720. The van der Waals surface area contributed by atoms with Crippen LogP contribution in [-0.2, 0) is 14.3 Å². The van der Waals surface area contributed by atoms with Gasteiger partial charge in [0.25, 0.3) is 11.8 Å². The normalized spacial score (nSPS) is 11.5. The van der Waals surface area contributed by atoms with Crippen molar-refractivity contribution in [2.75, 3.05) is 11.9 Å². The van der Waals surface area contributed by atoms with Crippen LogP contribution < -0.4 is 10.6 Å². The van der Waals surface area contributed by atoms with Crippen LogP contribution in [0.1, 0.15) is 28.4 Å². The minimum absolute atomic E-state index is 0.0830. The minimum Gasteiger partial charge on any atom is -0.451 e. The molecule has 2 N–H and O–H groups in total. The second-order valence-electron chi connectivity index (χ2n) is 6.23. The van der Waals surface area contributed by atoms with Gasteiger partial charge in [-0.25, -0.2) is 4.39 Å². The van der Waals surface area contributed by atoms with Gasteiger partial charge in [0.05, 0.1) is 5.69 Å². The molecule has 0 saturated carbocycles. The highest BCUT2D eigenvalue weighted by Crippen LogP contribution is 2.19. The van der Waals surface area contributed by atoms with Crippen molar-refractivity contribution < 1.29 is 23.5 Å². The van der Waals surface area contributed by atoms with Crippen LogP contribution in [0, 0.1) is 19.7 Å². The van der Waals surface area contributed by atoms with Gasteiger partial charge in [-0.05, 0) is 62.2 Å². The maximum Gasteiger partial charge on any atom is 0.326 e. The Morgan fingerprint density at radius 2 is 1.82 bits per heavy atom. The van der Waals surface area contributed by atoms with E-state index in [9.17, 15) is 18.8 Å². The standard InChI is InChI=1S/C20H20ClFN2O4/c1-11-4-5-14(8-12(11)2)20(27)23-10-18(25)28-13(3)19(26)24-17-7-6-15(21)9-16(17)22/h4-9,13H,10H2,1-3H3,(H,23,27)(H,24,26)/t13-/m1/s1. The average Bonchev–Trinajstić information content (AvgIpc) is 2.64. The Hall–Kier alpha value is -2.93. The van der Waals surface area contributed by atoms with Crippen molar-refractivity contribution in [3.8, 4) is 0 Å². The van der Waals surface area contributed by atoms with Gasteiger partial charge < -0.3 is 15.4 Å². The van der Waals surface area contributed by atoms with E-state index in [1.54, 1.807) is 12.1 Å². The average molecular weight is 407 g/mol. The van der Waals surface area contributed by atoms with Crippen LogP contribution in [0.5, 0.6) is 0 Å². The zero-order chi connectivity index (χ0) is 20.8. The van der Waals surface area contributed by atoms with Gasteiger partial charge in [-0.1, -0.05) is 17.7 Å². The van der Waals surface area contributed by atoms with Gasteiger partial charge in [0.2, 0.25) is 0 Å². The number of anilines is 1. The molecule has 2 amide bonds. The van der Waals surface area contributed by atoms with Crippen molar-refractivity contribution in [2.24, 2.45) is 0 Å². The molecular formula is C20H20ClFN2O4. The fourth-order valence-corrected chi connectivity index (χ4v) is 2.41. The van der Waals surface area contributed by atoms with Crippen molar-refractivity contribution in [3.05, 3.63) is 63.9 Å². The van der Waals surface area contributed by atoms with E-state index in [-0.39, 0.29) is 10.7 Å². The number of aryl methyl sites for hydroxylation is 2. The van der Waals surface area contributed by atoms with Gasteiger partial charge >= 0.3 is 5.97 Å². The number of carbonyl (C=O) groups excluding carboxylic acids is 3. The zero-order valence-corrected chi connectivity index (χ0v) is 16.4. The third kappa shape index (κ3) is 5.79.